The predicted molar refractivity (Wildman–Crippen MR) is 122 cm³/mol. The van der Waals surface area contributed by atoms with Gasteiger partial charge in [-0.3, -0.25) is 14.9 Å². The number of carbonyl (C=O) groups excluding carboxylic acids is 1. The molecule has 0 spiro atoms. The lowest BCUT2D eigenvalue weighted by atomic mass is 10.1. The van der Waals surface area contributed by atoms with Gasteiger partial charge in [0.15, 0.2) is 5.75 Å². The number of primary sulfonamides is 1. The Balaban J connectivity index is 2.01. The van der Waals surface area contributed by atoms with Crippen LogP contribution < -0.4 is 19.6 Å². The Morgan fingerprint density at radius 3 is 2.33 bits per heavy atom. The minimum Gasteiger partial charge on any atom is -0.490 e. The Morgan fingerprint density at radius 2 is 1.79 bits per heavy atom. The third-order valence-electron chi connectivity index (χ3n) is 4.63. The molecule has 3 rings (SSSR count). The summed E-state index contributed by atoms with van der Waals surface area (Å²) in [5.41, 5.74) is 1.00. The Kier molecular flexibility index (Phi) is 6.79. The molecule has 0 aliphatic carbocycles. The first-order valence-corrected chi connectivity index (χ1v) is 11.4. The fourth-order valence-corrected chi connectivity index (χ4v) is 3.70. The summed E-state index contributed by atoms with van der Waals surface area (Å²) in [5.74, 6) is -0.271. The van der Waals surface area contributed by atoms with E-state index in [1.807, 2.05) is 0 Å². The van der Waals surface area contributed by atoms with Crippen molar-refractivity contribution in [1.29, 1.82) is 0 Å². The molecular weight excluding hydrogens is 452 g/mol. The quantitative estimate of drug-likeness (QED) is 0.350. The summed E-state index contributed by atoms with van der Waals surface area (Å²) < 4.78 is 33.8. The van der Waals surface area contributed by atoms with Crippen molar-refractivity contribution < 1.29 is 27.6 Å². The van der Waals surface area contributed by atoms with E-state index in [9.17, 15) is 23.3 Å². The summed E-state index contributed by atoms with van der Waals surface area (Å²) in [7, 11) is -3.87. The summed E-state index contributed by atoms with van der Waals surface area (Å²) in [4.78, 5) is 23.9. The number of hydrogen-bond acceptors (Lipinski definition) is 8. The van der Waals surface area contributed by atoms with Crippen LogP contribution in [0.25, 0.3) is 6.08 Å². The van der Waals surface area contributed by atoms with Gasteiger partial charge in [0.2, 0.25) is 15.8 Å². The van der Waals surface area contributed by atoms with Gasteiger partial charge in [-0.1, -0.05) is 0 Å². The third kappa shape index (κ3) is 5.02. The van der Waals surface area contributed by atoms with Gasteiger partial charge in [0.25, 0.3) is 5.91 Å². The second-order valence-corrected chi connectivity index (χ2v) is 8.45. The molecule has 2 N–H and O–H groups in total. The van der Waals surface area contributed by atoms with Crippen LogP contribution in [0.1, 0.15) is 26.3 Å². The lowest BCUT2D eigenvalue weighted by Crippen LogP contribution is -2.21. The summed E-state index contributed by atoms with van der Waals surface area (Å²) >= 11 is 0. The summed E-state index contributed by atoms with van der Waals surface area (Å²) in [6.07, 6.45) is 1.48. The Hall–Kier alpha value is -3.77. The molecule has 0 atom stereocenters. The molecule has 0 bridgehead atoms. The number of carbonyl (C=O) groups is 1. The molecule has 1 aliphatic rings. The first-order valence-electron chi connectivity index (χ1n) is 9.89. The predicted octanol–water partition coefficient (Wildman–Crippen LogP) is 2.85. The zero-order valence-corrected chi connectivity index (χ0v) is 19.0. The summed E-state index contributed by atoms with van der Waals surface area (Å²) in [6.45, 7) is 5.54. The van der Waals surface area contributed by atoms with Gasteiger partial charge >= 0.3 is 5.69 Å². The van der Waals surface area contributed by atoms with Crippen molar-refractivity contribution in [2.24, 2.45) is 10.2 Å². The van der Waals surface area contributed by atoms with Crippen LogP contribution in [-0.4, -0.2) is 38.2 Å². The molecule has 0 saturated carbocycles. The van der Waals surface area contributed by atoms with Crippen LogP contribution in [0, 0.1) is 10.1 Å². The normalized spacial score (nSPS) is 15.0. The van der Waals surface area contributed by atoms with Crippen LogP contribution in [0.5, 0.6) is 11.5 Å². The van der Waals surface area contributed by atoms with Crippen LogP contribution in [0.4, 0.5) is 11.4 Å². The van der Waals surface area contributed by atoms with Crippen LogP contribution in [0.2, 0.25) is 0 Å². The molecule has 1 amide bonds. The first-order chi connectivity index (χ1) is 15.6. The molecular formula is C21H22N4O7S. The maximum absolute atomic E-state index is 13.0. The minimum atomic E-state index is -3.87. The van der Waals surface area contributed by atoms with E-state index in [0.717, 1.165) is 5.01 Å². The third-order valence-corrected chi connectivity index (χ3v) is 5.56. The zero-order chi connectivity index (χ0) is 24.3. The Bertz CT molecular complexity index is 1270. The molecule has 11 nitrogen and oxygen atoms in total. The number of ether oxygens (including phenoxy) is 2. The molecule has 2 aromatic rings. The van der Waals surface area contributed by atoms with Crippen LogP contribution in [-0.2, 0) is 14.8 Å². The molecule has 1 aliphatic heterocycles. The number of hydrogen-bond donors (Lipinski definition) is 1. The summed E-state index contributed by atoms with van der Waals surface area (Å²) in [6, 6.07) is 8.21. The number of anilines is 1. The number of benzene rings is 2. The van der Waals surface area contributed by atoms with E-state index in [1.165, 1.54) is 36.4 Å². The molecule has 0 radical (unpaired) electrons. The van der Waals surface area contributed by atoms with Crippen LogP contribution in [0.3, 0.4) is 0 Å². The summed E-state index contributed by atoms with van der Waals surface area (Å²) in [5, 5.41) is 22.1. The molecule has 2 aromatic carbocycles. The average Bonchev–Trinajstić information content (AvgIpc) is 3.03. The van der Waals surface area contributed by atoms with E-state index >= 15 is 0 Å². The van der Waals surface area contributed by atoms with Gasteiger partial charge in [-0.25, -0.2) is 13.6 Å². The number of nitro groups is 1. The van der Waals surface area contributed by atoms with E-state index in [2.05, 4.69) is 5.10 Å². The van der Waals surface area contributed by atoms with Gasteiger partial charge < -0.3 is 9.47 Å². The monoisotopic (exact) mass is 474 g/mol. The molecule has 33 heavy (non-hydrogen) atoms. The number of nitrogens with two attached hydrogens (primary N) is 1. The maximum atomic E-state index is 13.0. The molecule has 174 valence electrons. The molecule has 0 unspecified atom stereocenters. The van der Waals surface area contributed by atoms with E-state index in [4.69, 9.17) is 14.6 Å². The van der Waals surface area contributed by atoms with Crippen molar-refractivity contribution in [3.63, 3.8) is 0 Å². The molecule has 0 aromatic heterocycles. The SMILES string of the molecule is CCOc1cc(/C=C2/C(=O)N(c3ccc(S(N)(=O)=O)cc3)N=C2C)cc([N+](=O)[O-])c1OCC. The highest BCUT2D eigenvalue weighted by atomic mass is 32.2. The highest BCUT2D eigenvalue weighted by Gasteiger charge is 2.30. The fraction of sp³-hybridized carbons (Fsp3) is 0.238. The average molecular weight is 474 g/mol. The fourth-order valence-electron chi connectivity index (χ4n) is 3.18. The van der Waals surface area contributed by atoms with Crippen LogP contribution >= 0.6 is 0 Å². The standard InChI is InChI=1S/C21H22N4O7S/c1-4-31-19-12-14(11-18(25(27)28)20(19)32-5-2)10-17-13(3)23-24(21(17)26)15-6-8-16(9-7-15)33(22,29)30/h6-12H,4-5H2,1-3H3,(H2,22,29,30)/b17-10+. The van der Waals surface area contributed by atoms with Gasteiger partial charge in [-0.2, -0.15) is 10.1 Å². The lowest BCUT2D eigenvalue weighted by molar-refractivity contribution is -0.386. The Morgan fingerprint density at radius 1 is 1.15 bits per heavy atom. The van der Waals surface area contributed by atoms with Crippen molar-refractivity contribution in [1.82, 2.24) is 0 Å². The highest BCUT2D eigenvalue weighted by Crippen LogP contribution is 2.39. The van der Waals surface area contributed by atoms with Crippen molar-refractivity contribution in [2.75, 3.05) is 18.2 Å². The number of sulfonamides is 1. The lowest BCUT2D eigenvalue weighted by Gasteiger charge is -2.13. The van der Waals surface area contributed by atoms with Crippen molar-refractivity contribution in [2.45, 2.75) is 25.7 Å². The van der Waals surface area contributed by atoms with E-state index < -0.39 is 20.9 Å². The van der Waals surface area contributed by atoms with Gasteiger partial charge in [-0.15, -0.1) is 0 Å². The number of nitro benzene ring substituents is 1. The van der Waals surface area contributed by atoms with E-state index in [-0.39, 0.29) is 40.9 Å². The van der Waals surface area contributed by atoms with Gasteiger partial charge in [0.1, 0.15) is 0 Å². The van der Waals surface area contributed by atoms with Gasteiger partial charge in [0, 0.05) is 6.07 Å². The molecule has 12 heteroatoms. The van der Waals surface area contributed by atoms with Gasteiger partial charge in [0.05, 0.1) is 40.0 Å². The number of nitrogens with zero attached hydrogens (tertiary/aromatic N) is 3. The molecule has 0 fully saturated rings. The number of rotatable bonds is 8. The first kappa shape index (κ1) is 23.9. The van der Waals surface area contributed by atoms with Crippen molar-refractivity contribution in [3.05, 3.63) is 57.6 Å². The van der Waals surface area contributed by atoms with E-state index in [0.29, 0.717) is 17.0 Å². The van der Waals surface area contributed by atoms with Crippen LogP contribution in [0.15, 0.2) is 52.0 Å². The molecule has 1 heterocycles. The maximum Gasteiger partial charge on any atom is 0.315 e. The van der Waals surface area contributed by atoms with E-state index in [1.54, 1.807) is 26.8 Å². The number of amides is 1. The van der Waals surface area contributed by atoms with Crippen molar-refractivity contribution >= 4 is 39.1 Å². The minimum absolute atomic E-state index is 0.0196. The van der Waals surface area contributed by atoms with Gasteiger partial charge in [-0.05, 0) is 62.7 Å². The second-order valence-electron chi connectivity index (χ2n) is 6.89. The number of hydrazone groups is 1. The Labute approximate surface area is 190 Å². The topological polar surface area (TPSA) is 154 Å². The zero-order valence-electron chi connectivity index (χ0n) is 18.1. The largest absolute Gasteiger partial charge is 0.490 e. The smallest absolute Gasteiger partial charge is 0.315 e. The second kappa shape index (κ2) is 9.38. The molecule has 0 saturated heterocycles. The van der Waals surface area contributed by atoms with Crippen molar-refractivity contribution in [3.8, 4) is 11.5 Å². The highest BCUT2D eigenvalue weighted by molar-refractivity contribution is 7.89.